The number of hydrogen-bond acceptors (Lipinski definition) is 4. The van der Waals surface area contributed by atoms with E-state index in [0.29, 0.717) is 12.3 Å². The van der Waals surface area contributed by atoms with Gasteiger partial charge in [-0.1, -0.05) is 18.2 Å². The Bertz CT molecular complexity index is 759. The number of carboxylic acids is 1. The first kappa shape index (κ1) is 12.2. The molecule has 0 fully saturated rings. The summed E-state index contributed by atoms with van der Waals surface area (Å²) in [5.41, 5.74) is 1.91. The van der Waals surface area contributed by atoms with Crippen molar-refractivity contribution in [2.24, 2.45) is 0 Å². The normalized spacial score (nSPS) is 10.6. The zero-order valence-corrected chi connectivity index (χ0v) is 10.5. The summed E-state index contributed by atoms with van der Waals surface area (Å²) in [5.74, 6) is -0.429. The minimum Gasteiger partial charge on any atom is -0.478 e. The number of nitrogens with one attached hydrogen (secondary N) is 1. The third-order valence-corrected chi connectivity index (χ3v) is 2.99. The van der Waals surface area contributed by atoms with Crippen LogP contribution < -0.4 is 5.32 Å². The molecule has 0 atom stereocenters. The summed E-state index contributed by atoms with van der Waals surface area (Å²) >= 11 is 0. The number of rotatable bonds is 4. The average molecular weight is 268 g/mol. The molecule has 5 heteroatoms. The number of aromatic nitrogens is 1. The van der Waals surface area contributed by atoms with Crippen LogP contribution in [0.25, 0.3) is 10.9 Å². The molecule has 0 bridgehead atoms. The van der Waals surface area contributed by atoms with Crippen LogP contribution in [0, 0.1) is 0 Å². The van der Waals surface area contributed by atoms with E-state index < -0.39 is 5.97 Å². The summed E-state index contributed by atoms with van der Waals surface area (Å²) in [5, 5.41) is 13.1. The predicted molar refractivity (Wildman–Crippen MR) is 74.7 cm³/mol. The maximum Gasteiger partial charge on any atom is 0.338 e. The Morgan fingerprint density at radius 3 is 2.95 bits per heavy atom. The molecule has 0 amide bonds. The van der Waals surface area contributed by atoms with Crippen molar-refractivity contribution in [3.05, 3.63) is 60.2 Å². The van der Waals surface area contributed by atoms with Gasteiger partial charge in [0.1, 0.15) is 12.0 Å². The highest BCUT2D eigenvalue weighted by Gasteiger charge is 2.08. The van der Waals surface area contributed by atoms with E-state index in [9.17, 15) is 4.79 Å². The van der Waals surface area contributed by atoms with Crippen molar-refractivity contribution in [3.8, 4) is 0 Å². The van der Waals surface area contributed by atoms with Crippen LogP contribution in [0.5, 0.6) is 0 Å². The number of carbonyl (C=O) groups is 1. The molecule has 0 aliphatic heterocycles. The van der Waals surface area contributed by atoms with E-state index in [1.54, 1.807) is 6.20 Å². The second-order valence-corrected chi connectivity index (χ2v) is 4.34. The largest absolute Gasteiger partial charge is 0.478 e. The molecule has 0 aliphatic carbocycles. The van der Waals surface area contributed by atoms with Crippen molar-refractivity contribution >= 4 is 22.6 Å². The summed E-state index contributed by atoms with van der Waals surface area (Å²) in [4.78, 5) is 15.1. The van der Waals surface area contributed by atoms with Gasteiger partial charge in [-0.25, -0.2) is 4.79 Å². The standard InChI is InChI=1S/C15H12N2O3/c18-15(19)11-7-12(20-9-11)8-17-13-5-1-3-10-4-2-6-16-14(10)13/h1-7,9,17H,8H2,(H,18,19). The Kier molecular flexibility index (Phi) is 3.09. The van der Waals surface area contributed by atoms with Crippen LogP contribution in [0.3, 0.4) is 0 Å². The van der Waals surface area contributed by atoms with Gasteiger partial charge in [0, 0.05) is 11.6 Å². The minimum atomic E-state index is -0.994. The molecule has 0 saturated heterocycles. The van der Waals surface area contributed by atoms with Gasteiger partial charge in [-0.15, -0.1) is 0 Å². The predicted octanol–water partition coefficient (Wildman–Crippen LogP) is 3.14. The van der Waals surface area contributed by atoms with Gasteiger partial charge in [-0.2, -0.15) is 0 Å². The van der Waals surface area contributed by atoms with Crippen LogP contribution in [0.4, 0.5) is 5.69 Å². The van der Waals surface area contributed by atoms with Crippen LogP contribution in [0.15, 0.2) is 53.3 Å². The third-order valence-electron chi connectivity index (χ3n) is 2.99. The zero-order chi connectivity index (χ0) is 13.9. The van der Waals surface area contributed by atoms with Gasteiger partial charge in [0.2, 0.25) is 0 Å². The van der Waals surface area contributed by atoms with Crippen LogP contribution >= 0.6 is 0 Å². The first-order chi connectivity index (χ1) is 9.74. The van der Waals surface area contributed by atoms with Gasteiger partial charge >= 0.3 is 5.97 Å². The number of fused-ring (bicyclic) bond motifs is 1. The second-order valence-electron chi connectivity index (χ2n) is 4.34. The molecule has 0 unspecified atom stereocenters. The molecule has 0 aliphatic rings. The quantitative estimate of drug-likeness (QED) is 0.760. The monoisotopic (exact) mass is 268 g/mol. The molecular formula is C15H12N2O3. The van der Waals surface area contributed by atoms with Gasteiger partial charge in [0.25, 0.3) is 0 Å². The molecule has 20 heavy (non-hydrogen) atoms. The van der Waals surface area contributed by atoms with E-state index in [0.717, 1.165) is 16.6 Å². The molecule has 2 heterocycles. The Morgan fingerprint density at radius 2 is 2.15 bits per heavy atom. The molecule has 0 radical (unpaired) electrons. The fourth-order valence-corrected chi connectivity index (χ4v) is 2.01. The SMILES string of the molecule is O=C(O)c1coc(CNc2cccc3cccnc23)c1. The highest BCUT2D eigenvalue weighted by molar-refractivity contribution is 5.90. The lowest BCUT2D eigenvalue weighted by Crippen LogP contribution is -1.99. The molecule has 0 spiro atoms. The van der Waals surface area contributed by atoms with Crippen LogP contribution in [-0.2, 0) is 6.54 Å². The summed E-state index contributed by atoms with van der Waals surface area (Å²) < 4.78 is 5.20. The first-order valence-electron chi connectivity index (χ1n) is 6.12. The molecular weight excluding hydrogens is 256 g/mol. The van der Waals surface area contributed by atoms with Crippen molar-refractivity contribution in [3.63, 3.8) is 0 Å². The topological polar surface area (TPSA) is 75.4 Å². The van der Waals surface area contributed by atoms with Gasteiger partial charge < -0.3 is 14.8 Å². The Balaban J connectivity index is 1.81. The Morgan fingerprint density at radius 1 is 1.30 bits per heavy atom. The fourth-order valence-electron chi connectivity index (χ4n) is 2.01. The van der Waals surface area contributed by atoms with Crippen LogP contribution in [0.1, 0.15) is 16.1 Å². The maximum atomic E-state index is 10.8. The van der Waals surface area contributed by atoms with Gasteiger partial charge in [0.05, 0.1) is 23.3 Å². The molecule has 0 saturated carbocycles. The number of furan rings is 1. The molecule has 5 nitrogen and oxygen atoms in total. The summed E-state index contributed by atoms with van der Waals surface area (Å²) in [7, 11) is 0. The van der Waals surface area contributed by atoms with E-state index in [2.05, 4.69) is 10.3 Å². The molecule has 3 aromatic rings. The summed E-state index contributed by atoms with van der Waals surface area (Å²) in [6.07, 6.45) is 2.98. The van der Waals surface area contributed by atoms with Gasteiger partial charge in [0.15, 0.2) is 0 Å². The van der Waals surface area contributed by atoms with Crippen molar-refractivity contribution < 1.29 is 14.3 Å². The van der Waals surface area contributed by atoms with E-state index in [-0.39, 0.29) is 5.56 Å². The molecule has 3 rings (SSSR count). The van der Waals surface area contributed by atoms with E-state index in [4.69, 9.17) is 9.52 Å². The average Bonchev–Trinajstić information content (AvgIpc) is 2.94. The highest BCUT2D eigenvalue weighted by Crippen LogP contribution is 2.21. The van der Waals surface area contributed by atoms with Crippen LogP contribution in [-0.4, -0.2) is 16.1 Å². The molecule has 2 aromatic heterocycles. The number of benzene rings is 1. The zero-order valence-electron chi connectivity index (χ0n) is 10.5. The van der Waals surface area contributed by atoms with Gasteiger partial charge in [-0.05, 0) is 18.2 Å². The van der Waals surface area contributed by atoms with E-state index >= 15 is 0 Å². The van der Waals surface area contributed by atoms with Gasteiger partial charge in [-0.3, -0.25) is 4.98 Å². The second kappa shape index (κ2) is 5.05. The van der Waals surface area contributed by atoms with Crippen molar-refractivity contribution in [2.75, 3.05) is 5.32 Å². The minimum absolute atomic E-state index is 0.151. The lowest BCUT2D eigenvalue weighted by atomic mass is 10.2. The lowest BCUT2D eigenvalue weighted by molar-refractivity contribution is 0.0696. The fraction of sp³-hybridized carbons (Fsp3) is 0.0667. The molecule has 100 valence electrons. The molecule has 2 N–H and O–H groups in total. The Labute approximate surface area is 114 Å². The highest BCUT2D eigenvalue weighted by atomic mass is 16.4. The van der Waals surface area contributed by atoms with E-state index in [1.807, 2.05) is 30.3 Å². The molecule has 1 aromatic carbocycles. The number of para-hydroxylation sites is 1. The van der Waals surface area contributed by atoms with Crippen molar-refractivity contribution in [2.45, 2.75) is 6.54 Å². The summed E-state index contributed by atoms with van der Waals surface area (Å²) in [6.45, 7) is 0.406. The maximum absolute atomic E-state index is 10.8. The number of hydrogen-bond donors (Lipinski definition) is 2. The lowest BCUT2D eigenvalue weighted by Gasteiger charge is -2.07. The number of pyridine rings is 1. The summed E-state index contributed by atoms with van der Waals surface area (Å²) in [6, 6.07) is 11.2. The smallest absolute Gasteiger partial charge is 0.338 e. The first-order valence-corrected chi connectivity index (χ1v) is 6.12. The third kappa shape index (κ3) is 2.33. The van der Waals surface area contributed by atoms with Crippen molar-refractivity contribution in [1.82, 2.24) is 4.98 Å². The van der Waals surface area contributed by atoms with Crippen LogP contribution in [0.2, 0.25) is 0 Å². The number of carboxylic acid groups (broad SMARTS) is 1. The van der Waals surface area contributed by atoms with E-state index in [1.165, 1.54) is 12.3 Å². The van der Waals surface area contributed by atoms with Crippen molar-refractivity contribution in [1.29, 1.82) is 0 Å². The Hall–Kier alpha value is -2.82. The number of anilines is 1. The number of aromatic carboxylic acids is 1. The number of nitrogens with zero attached hydrogens (tertiary/aromatic N) is 1.